The molecular formula is C20H17ClFN3O2. The van der Waals surface area contributed by atoms with Gasteiger partial charge in [0, 0.05) is 18.1 Å². The quantitative estimate of drug-likeness (QED) is 0.637. The highest BCUT2D eigenvalue weighted by Crippen LogP contribution is 2.27. The van der Waals surface area contributed by atoms with E-state index < -0.39 is 11.9 Å². The summed E-state index contributed by atoms with van der Waals surface area (Å²) in [5.41, 5.74) is 1.54. The highest BCUT2D eigenvalue weighted by molar-refractivity contribution is 6.32. The minimum Gasteiger partial charge on any atom is -0.369 e. The van der Waals surface area contributed by atoms with E-state index >= 15 is 0 Å². The predicted octanol–water partition coefficient (Wildman–Crippen LogP) is 4.18. The first-order valence-electron chi connectivity index (χ1n) is 8.70. The molecule has 4 rings (SSSR count). The van der Waals surface area contributed by atoms with Crippen molar-refractivity contribution in [2.45, 2.75) is 12.8 Å². The Morgan fingerprint density at radius 2 is 1.85 bits per heavy atom. The van der Waals surface area contributed by atoms with Crippen LogP contribution in [0.1, 0.15) is 18.4 Å². The summed E-state index contributed by atoms with van der Waals surface area (Å²) in [5, 5.41) is 2.95. The van der Waals surface area contributed by atoms with Gasteiger partial charge in [-0.05, 0) is 54.8 Å². The number of rotatable bonds is 3. The Labute approximate surface area is 161 Å². The van der Waals surface area contributed by atoms with Crippen LogP contribution in [0.25, 0.3) is 6.08 Å². The fourth-order valence-corrected chi connectivity index (χ4v) is 3.56. The number of hydrogen-bond acceptors (Lipinski definition) is 3. The fourth-order valence-electron chi connectivity index (χ4n) is 3.38. The maximum absolute atomic E-state index is 14.5. The molecular weight excluding hydrogens is 369 g/mol. The van der Waals surface area contributed by atoms with E-state index in [0.717, 1.165) is 30.8 Å². The molecule has 0 atom stereocenters. The number of carbonyl (C=O) groups is 2. The maximum atomic E-state index is 14.5. The van der Waals surface area contributed by atoms with Crippen molar-refractivity contribution in [1.29, 1.82) is 0 Å². The average Bonchev–Trinajstić information content (AvgIpc) is 3.24. The fraction of sp³-hybridized carbons (Fsp3) is 0.200. The maximum Gasteiger partial charge on any atom is 0.333 e. The highest BCUT2D eigenvalue weighted by atomic mass is 35.5. The molecule has 0 saturated carbocycles. The van der Waals surface area contributed by atoms with Crippen LogP contribution >= 0.6 is 11.6 Å². The molecule has 2 aromatic carbocycles. The van der Waals surface area contributed by atoms with E-state index in [-0.39, 0.29) is 11.5 Å². The number of nitrogens with one attached hydrogen (secondary N) is 1. The van der Waals surface area contributed by atoms with Crippen molar-refractivity contribution in [2.75, 3.05) is 22.9 Å². The number of benzene rings is 2. The van der Waals surface area contributed by atoms with E-state index in [1.807, 2.05) is 4.90 Å². The van der Waals surface area contributed by atoms with Crippen LogP contribution in [-0.2, 0) is 4.79 Å². The Bertz CT molecular complexity index is 954. The molecule has 0 spiro atoms. The summed E-state index contributed by atoms with van der Waals surface area (Å²) in [6.07, 6.45) is 3.60. The molecule has 2 heterocycles. The third-order valence-electron chi connectivity index (χ3n) is 4.67. The smallest absolute Gasteiger partial charge is 0.333 e. The van der Waals surface area contributed by atoms with Gasteiger partial charge in [-0.1, -0.05) is 23.7 Å². The zero-order valence-electron chi connectivity index (χ0n) is 14.4. The van der Waals surface area contributed by atoms with Crippen molar-refractivity contribution in [2.24, 2.45) is 0 Å². The van der Waals surface area contributed by atoms with Crippen LogP contribution in [0.5, 0.6) is 0 Å². The molecule has 138 valence electrons. The van der Waals surface area contributed by atoms with Crippen LogP contribution in [0.3, 0.4) is 0 Å². The standard InChI is InChI=1S/C20H17ClFN3O2/c21-14-4-3-5-15(12-14)25-19(26)17(23-20(25)27)11-13-6-7-18(16(22)10-13)24-8-1-2-9-24/h3-7,10-12H,1-2,8-9H2,(H,23,27). The van der Waals surface area contributed by atoms with Crippen molar-refractivity contribution >= 4 is 41.0 Å². The van der Waals surface area contributed by atoms with Gasteiger partial charge < -0.3 is 10.2 Å². The molecule has 2 aliphatic rings. The molecule has 1 N–H and O–H groups in total. The number of urea groups is 1. The van der Waals surface area contributed by atoms with Crippen LogP contribution in [0.15, 0.2) is 48.2 Å². The van der Waals surface area contributed by atoms with E-state index in [9.17, 15) is 14.0 Å². The lowest BCUT2D eigenvalue weighted by atomic mass is 10.1. The molecule has 3 amide bonds. The van der Waals surface area contributed by atoms with Crippen LogP contribution in [-0.4, -0.2) is 25.0 Å². The van der Waals surface area contributed by atoms with Crippen LogP contribution in [0.2, 0.25) is 5.02 Å². The Kier molecular flexibility index (Phi) is 4.58. The van der Waals surface area contributed by atoms with Crippen LogP contribution in [0, 0.1) is 5.82 Å². The van der Waals surface area contributed by atoms with Crippen LogP contribution in [0.4, 0.5) is 20.6 Å². The number of anilines is 2. The summed E-state index contributed by atoms with van der Waals surface area (Å²) in [5.74, 6) is -0.846. The molecule has 0 bridgehead atoms. The zero-order valence-corrected chi connectivity index (χ0v) is 15.2. The lowest BCUT2D eigenvalue weighted by Gasteiger charge is -2.18. The monoisotopic (exact) mass is 385 g/mol. The molecule has 0 unspecified atom stereocenters. The van der Waals surface area contributed by atoms with Crippen molar-refractivity contribution in [3.63, 3.8) is 0 Å². The van der Waals surface area contributed by atoms with Crippen molar-refractivity contribution in [1.82, 2.24) is 5.32 Å². The second-order valence-electron chi connectivity index (χ2n) is 6.51. The van der Waals surface area contributed by atoms with Crippen molar-refractivity contribution in [3.05, 3.63) is 64.6 Å². The summed E-state index contributed by atoms with van der Waals surface area (Å²) < 4.78 is 14.5. The Morgan fingerprint density at radius 1 is 1.07 bits per heavy atom. The molecule has 2 fully saturated rings. The van der Waals surface area contributed by atoms with E-state index in [4.69, 9.17) is 11.6 Å². The van der Waals surface area contributed by atoms with Gasteiger partial charge in [-0.2, -0.15) is 0 Å². The Morgan fingerprint density at radius 3 is 2.56 bits per heavy atom. The number of hydrogen-bond donors (Lipinski definition) is 1. The van der Waals surface area contributed by atoms with Gasteiger partial charge in [0.2, 0.25) is 0 Å². The summed E-state index contributed by atoms with van der Waals surface area (Å²) in [6.45, 7) is 1.70. The molecule has 7 heteroatoms. The third-order valence-corrected chi connectivity index (χ3v) is 4.91. The average molecular weight is 386 g/mol. The summed E-state index contributed by atoms with van der Waals surface area (Å²) in [4.78, 5) is 27.9. The van der Waals surface area contributed by atoms with Gasteiger partial charge in [-0.25, -0.2) is 14.1 Å². The van der Waals surface area contributed by atoms with E-state index in [1.54, 1.807) is 30.3 Å². The number of carbonyl (C=O) groups excluding carboxylic acids is 2. The summed E-state index contributed by atoms with van der Waals surface area (Å²) in [7, 11) is 0. The molecule has 2 aliphatic heterocycles. The molecule has 0 aromatic heterocycles. The van der Waals surface area contributed by atoms with E-state index in [1.165, 1.54) is 18.2 Å². The molecule has 0 aliphatic carbocycles. The lowest BCUT2D eigenvalue weighted by Crippen LogP contribution is -2.30. The summed E-state index contributed by atoms with van der Waals surface area (Å²) >= 11 is 5.94. The molecule has 5 nitrogen and oxygen atoms in total. The lowest BCUT2D eigenvalue weighted by molar-refractivity contribution is -0.113. The minimum atomic E-state index is -0.567. The first-order valence-corrected chi connectivity index (χ1v) is 9.08. The largest absolute Gasteiger partial charge is 0.369 e. The molecule has 2 aromatic rings. The first kappa shape index (κ1) is 17.5. The topological polar surface area (TPSA) is 52.7 Å². The molecule has 0 radical (unpaired) electrons. The van der Waals surface area contributed by atoms with Gasteiger partial charge in [0.05, 0.1) is 11.4 Å². The number of amides is 3. The highest BCUT2D eigenvalue weighted by Gasteiger charge is 2.35. The van der Waals surface area contributed by atoms with Gasteiger partial charge in [0.25, 0.3) is 5.91 Å². The summed E-state index contributed by atoms with van der Waals surface area (Å²) in [6, 6.07) is 10.7. The SMILES string of the molecule is O=C1NC(=Cc2ccc(N3CCCC3)c(F)c2)C(=O)N1c1cccc(Cl)c1. The molecule has 27 heavy (non-hydrogen) atoms. The van der Waals surface area contributed by atoms with Crippen molar-refractivity contribution < 1.29 is 14.0 Å². The second kappa shape index (κ2) is 7.04. The minimum absolute atomic E-state index is 0.0910. The van der Waals surface area contributed by atoms with Crippen molar-refractivity contribution in [3.8, 4) is 0 Å². The van der Waals surface area contributed by atoms with E-state index in [0.29, 0.717) is 22.0 Å². The second-order valence-corrected chi connectivity index (χ2v) is 6.95. The normalized spacial score (nSPS) is 18.5. The predicted molar refractivity (Wildman–Crippen MR) is 103 cm³/mol. The van der Waals surface area contributed by atoms with Gasteiger partial charge in [0.15, 0.2) is 0 Å². The zero-order chi connectivity index (χ0) is 19.0. The number of nitrogens with zero attached hydrogens (tertiary/aromatic N) is 2. The Balaban J connectivity index is 1.60. The van der Waals surface area contributed by atoms with Gasteiger partial charge in [-0.3, -0.25) is 4.79 Å². The van der Waals surface area contributed by atoms with Gasteiger partial charge in [-0.15, -0.1) is 0 Å². The van der Waals surface area contributed by atoms with E-state index in [2.05, 4.69) is 5.32 Å². The first-order chi connectivity index (χ1) is 13.0. The third kappa shape index (κ3) is 3.40. The molecule has 2 saturated heterocycles. The van der Waals surface area contributed by atoms with Gasteiger partial charge >= 0.3 is 6.03 Å². The number of halogens is 2. The Hall–Kier alpha value is -2.86. The number of imide groups is 1. The van der Waals surface area contributed by atoms with Gasteiger partial charge in [0.1, 0.15) is 11.5 Å². The van der Waals surface area contributed by atoms with Crippen LogP contribution < -0.4 is 15.1 Å².